The number of halogens is 1. The summed E-state index contributed by atoms with van der Waals surface area (Å²) in [5.74, 6) is 4.85. The summed E-state index contributed by atoms with van der Waals surface area (Å²) in [6, 6.07) is 6.64. The smallest absolute Gasteiger partial charge is 0.237 e. The molecule has 0 aromatic heterocycles. The van der Waals surface area contributed by atoms with Crippen LogP contribution >= 0.6 is 0 Å². The Bertz CT molecular complexity index is 416. The zero-order chi connectivity index (χ0) is 13.0. The van der Waals surface area contributed by atoms with Crippen molar-refractivity contribution in [3.8, 4) is 0 Å². The van der Waals surface area contributed by atoms with E-state index in [0.29, 0.717) is 0 Å². The fraction of sp³-hybridized carbons (Fsp3) is 0.462. The summed E-state index contributed by atoms with van der Waals surface area (Å²) in [5, 5.41) is 0. The van der Waals surface area contributed by atoms with Gasteiger partial charge >= 0.3 is 0 Å². The van der Waals surface area contributed by atoms with Gasteiger partial charge in [-0.15, -0.1) is 0 Å². The van der Waals surface area contributed by atoms with Gasteiger partial charge in [-0.3, -0.25) is 15.1 Å². The van der Waals surface area contributed by atoms with E-state index in [0.717, 1.165) is 38.0 Å². The van der Waals surface area contributed by atoms with E-state index in [1.165, 1.54) is 6.07 Å². The number of nitrogens with zero attached hydrogens (tertiary/aromatic N) is 1. The Morgan fingerprint density at radius 3 is 2.78 bits per heavy atom. The van der Waals surface area contributed by atoms with E-state index in [1.807, 2.05) is 6.07 Å². The predicted molar refractivity (Wildman–Crippen MR) is 66.7 cm³/mol. The molecule has 18 heavy (non-hydrogen) atoms. The molecule has 98 valence electrons. The van der Waals surface area contributed by atoms with Gasteiger partial charge in [-0.05, 0) is 43.6 Å². The maximum absolute atomic E-state index is 13.0. The van der Waals surface area contributed by atoms with Crippen LogP contribution in [0.15, 0.2) is 24.3 Å². The third kappa shape index (κ3) is 3.27. The summed E-state index contributed by atoms with van der Waals surface area (Å²) in [4.78, 5) is 13.6. The Morgan fingerprint density at radius 2 is 2.17 bits per heavy atom. The number of hydrogen-bond acceptors (Lipinski definition) is 3. The Hall–Kier alpha value is -1.46. The zero-order valence-electron chi connectivity index (χ0n) is 10.2. The molecule has 1 heterocycles. The number of likely N-dealkylation sites (tertiary alicyclic amines) is 1. The number of nitrogens with one attached hydrogen (secondary N) is 1. The molecule has 1 saturated heterocycles. The maximum atomic E-state index is 13.0. The van der Waals surface area contributed by atoms with E-state index in [4.69, 9.17) is 5.84 Å². The highest BCUT2D eigenvalue weighted by molar-refractivity contribution is 5.78. The summed E-state index contributed by atoms with van der Waals surface area (Å²) in [6.45, 7) is 2.41. The molecule has 0 aliphatic carbocycles. The largest absolute Gasteiger partial charge is 0.299 e. The third-order valence-corrected chi connectivity index (χ3v) is 3.40. The van der Waals surface area contributed by atoms with Gasteiger partial charge in [-0.2, -0.15) is 0 Å². The van der Waals surface area contributed by atoms with E-state index in [1.54, 1.807) is 12.1 Å². The lowest BCUT2D eigenvalue weighted by Gasteiger charge is -2.30. The first kappa shape index (κ1) is 13.0. The van der Waals surface area contributed by atoms with Crippen LogP contribution in [0.1, 0.15) is 18.4 Å². The molecule has 0 radical (unpaired) electrons. The SMILES string of the molecule is NNC(=O)C1CCN(Cc2cccc(F)c2)CC1. The number of rotatable bonds is 3. The molecule has 0 atom stereocenters. The number of hydrogen-bond donors (Lipinski definition) is 2. The van der Waals surface area contributed by atoms with Gasteiger partial charge in [-0.1, -0.05) is 12.1 Å². The summed E-state index contributed by atoms with van der Waals surface area (Å²) in [7, 11) is 0. The average Bonchev–Trinajstić information content (AvgIpc) is 2.39. The van der Waals surface area contributed by atoms with Crippen LogP contribution in [-0.4, -0.2) is 23.9 Å². The van der Waals surface area contributed by atoms with Crippen LogP contribution in [0.4, 0.5) is 4.39 Å². The number of benzene rings is 1. The van der Waals surface area contributed by atoms with Crippen molar-refractivity contribution < 1.29 is 9.18 Å². The van der Waals surface area contributed by atoms with E-state index in [9.17, 15) is 9.18 Å². The molecule has 1 aromatic carbocycles. The van der Waals surface area contributed by atoms with Gasteiger partial charge in [-0.25, -0.2) is 10.2 Å². The normalized spacial score (nSPS) is 17.7. The van der Waals surface area contributed by atoms with Gasteiger partial charge in [0.25, 0.3) is 0 Å². The fourth-order valence-corrected chi connectivity index (χ4v) is 2.36. The van der Waals surface area contributed by atoms with Crippen LogP contribution < -0.4 is 11.3 Å². The van der Waals surface area contributed by atoms with Crippen LogP contribution in [-0.2, 0) is 11.3 Å². The maximum Gasteiger partial charge on any atom is 0.237 e. The first-order valence-corrected chi connectivity index (χ1v) is 6.16. The minimum atomic E-state index is -0.204. The number of piperidine rings is 1. The van der Waals surface area contributed by atoms with Crippen LogP contribution in [0.3, 0.4) is 0 Å². The molecule has 1 aliphatic heterocycles. The highest BCUT2D eigenvalue weighted by Crippen LogP contribution is 2.19. The van der Waals surface area contributed by atoms with Crippen molar-refractivity contribution in [3.63, 3.8) is 0 Å². The molecular weight excluding hydrogens is 233 g/mol. The Labute approximate surface area is 106 Å². The standard InChI is InChI=1S/C13H18FN3O/c14-12-3-1-2-10(8-12)9-17-6-4-11(5-7-17)13(18)16-15/h1-3,8,11H,4-7,9,15H2,(H,16,18). The van der Waals surface area contributed by atoms with Gasteiger partial charge in [0.1, 0.15) is 5.82 Å². The summed E-state index contributed by atoms with van der Waals surface area (Å²) in [5.41, 5.74) is 3.17. The second kappa shape index (κ2) is 5.93. The summed E-state index contributed by atoms with van der Waals surface area (Å²) in [6.07, 6.45) is 1.61. The van der Waals surface area contributed by atoms with Crippen molar-refractivity contribution in [3.05, 3.63) is 35.6 Å². The zero-order valence-corrected chi connectivity index (χ0v) is 10.2. The topological polar surface area (TPSA) is 58.4 Å². The van der Waals surface area contributed by atoms with E-state index >= 15 is 0 Å². The third-order valence-electron chi connectivity index (χ3n) is 3.40. The summed E-state index contributed by atoms with van der Waals surface area (Å²) < 4.78 is 13.0. The first-order chi connectivity index (χ1) is 8.69. The molecule has 3 N–H and O–H groups in total. The van der Waals surface area contributed by atoms with Gasteiger partial charge < -0.3 is 0 Å². The first-order valence-electron chi connectivity index (χ1n) is 6.16. The molecule has 1 aromatic rings. The van der Waals surface area contributed by atoms with E-state index in [-0.39, 0.29) is 17.6 Å². The monoisotopic (exact) mass is 251 g/mol. The second-order valence-corrected chi connectivity index (χ2v) is 4.69. The fourth-order valence-electron chi connectivity index (χ4n) is 2.36. The lowest BCUT2D eigenvalue weighted by Crippen LogP contribution is -2.42. The Balaban J connectivity index is 1.85. The molecule has 4 nitrogen and oxygen atoms in total. The highest BCUT2D eigenvalue weighted by atomic mass is 19.1. The molecule has 0 saturated carbocycles. The van der Waals surface area contributed by atoms with Crippen LogP contribution in [0.2, 0.25) is 0 Å². The van der Waals surface area contributed by atoms with Crippen molar-refractivity contribution >= 4 is 5.91 Å². The van der Waals surface area contributed by atoms with E-state index < -0.39 is 0 Å². The molecule has 1 amide bonds. The van der Waals surface area contributed by atoms with Crippen LogP contribution in [0.25, 0.3) is 0 Å². The Morgan fingerprint density at radius 1 is 1.44 bits per heavy atom. The second-order valence-electron chi connectivity index (χ2n) is 4.69. The number of carbonyl (C=O) groups excluding carboxylic acids is 1. The highest BCUT2D eigenvalue weighted by Gasteiger charge is 2.24. The van der Waals surface area contributed by atoms with Gasteiger partial charge in [0, 0.05) is 12.5 Å². The number of amides is 1. The average molecular weight is 251 g/mol. The van der Waals surface area contributed by atoms with Crippen LogP contribution in [0.5, 0.6) is 0 Å². The van der Waals surface area contributed by atoms with Crippen molar-refractivity contribution in [2.75, 3.05) is 13.1 Å². The molecule has 5 heteroatoms. The molecule has 0 spiro atoms. The molecule has 2 rings (SSSR count). The summed E-state index contributed by atoms with van der Waals surface area (Å²) >= 11 is 0. The minimum absolute atomic E-state index is 0.0127. The predicted octanol–water partition coefficient (Wildman–Crippen LogP) is 1.03. The number of carbonyl (C=O) groups is 1. The molecule has 0 unspecified atom stereocenters. The molecule has 1 fully saturated rings. The van der Waals surface area contributed by atoms with Crippen molar-refractivity contribution in [2.45, 2.75) is 19.4 Å². The van der Waals surface area contributed by atoms with Crippen molar-refractivity contribution in [1.82, 2.24) is 10.3 Å². The number of nitrogens with two attached hydrogens (primary N) is 1. The van der Waals surface area contributed by atoms with Gasteiger partial charge in [0.2, 0.25) is 5.91 Å². The molecular formula is C13H18FN3O. The van der Waals surface area contributed by atoms with Gasteiger partial charge in [0.15, 0.2) is 0 Å². The quantitative estimate of drug-likeness (QED) is 0.479. The van der Waals surface area contributed by atoms with Gasteiger partial charge in [0.05, 0.1) is 0 Å². The molecule has 0 bridgehead atoms. The van der Waals surface area contributed by atoms with Crippen molar-refractivity contribution in [2.24, 2.45) is 11.8 Å². The lowest BCUT2D eigenvalue weighted by molar-refractivity contribution is -0.126. The van der Waals surface area contributed by atoms with Crippen molar-refractivity contribution in [1.29, 1.82) is 0 Å². The lowest BCUT2D eigenvalue weighted by atomic mass is 9.96. The van der Waals surface area contributed by atoms with E-state index in [2.05, 4.69) is 10.3 Å². The number of hydrazine groups is 1. The Kier molecular flexibility index (Phi) is 4.28. The minimum Gasteiger partial charge on any atom is -0.299 e. The van der Waals surface area contributed by atoms with Crippen LogP contribution in [0, 0.1) is 11.7 Å². The molecule has 1 aliphatic rings.